The highest BCUT2D eigenvalue weighted by atomic mass is 16.5. The summed E-state index contributed by atoms with van der Waals surface area (Å²) in [4.78, 5) is 0. The van der Waals surface area contributed by atoms with Gasteiger partial charge in [-0.2, -0.15) is 0 Å². The molecule has 0 saturated heterocycles. The van der Waals surface area contributed by atoms with Crippen LogP contribution in [0.1, 0.15) is 34.1 Å². The van der Waals surface area contributed by atoms with Crippen LogP contribution in [0.3, 0.4) is 0 Å². The number of hydrogen-bond acceptors (Lipinski definition) is 3. The zero-order chi connectivity index (χ0) is 11.2. The molecule has 0 radical (unpaired) electrons. The maximum absolute atomic E-state index is 5.22. The lowest BCUT2D eigenvalue weighted by Gasteiger charge is -2.38. The van der Waals surface area contributed by atoms with E-state index in [1.165, 1.54) is 0 Å². The van der Waals surface area contributed by atoms with Crippen LogP contribution in [0.25, 0.3) is 0 Å². The normalized spacial score (nSPS) is 16.7. The molecule has 0 aliphatic rings. The molecule has 1 N–H and O–H groups in total. The fourth-order valence-electron chi connectivity index (χ4n) is 1.76. The molecule has 0 fully saturated rings. The molecule has 3 heteroatoms. The summed E-state index contributed by atoms with van der Waals surface area (Å²) in [5, 5.41) is 3.57. The molecular weight excluding hydrogens is 178 g/mol. The minimum Gasteiger partial charge on any atom is -0.383 e. The SMILES string of the molecule is CCC(C)(COC)NC(C)(C)COC. The van der Waals surface area contributed by atoms with Crippen LogP contribution < -0.4 is 5.32 Å². The fourth-order valence-corrected chi connectivity index (χ4v) is 1.76. The average molecular weight is 203 g/mol. The highest BCUT2D eigenvalue weighted by molar-refractivity contribution is 4.90. The third-order valence-corrected chi connectivity index (χ3v) is 2.39. The predicted octanol–water partition coefficient (Wildman–Crippen LogP) is 1.82. The molecule has 0 amide bonds. The van der Waals surface area contributed by atoms with E-state index in [0.29, 0.717) is 6.61 Å². The quantitative estimate of drug-likeness (QED) is 0.684. The second-order valence-corrected chi connectivity index (χ2v) is 4.79. The Hall–Kier alpha value is -0.120. The topological polar surface area (TPSA) is 30.5 Å². The van der Waals surface area contributed by atoms with E-state index in [2.05, 4.69) is 33.0 Å². The lowest BCUT2D eigenvalue weighted by Crippen LogP contribution is -2.57. The maximum atomic E-state index is 5.22. The van der Waals surface area contributed by atoms with Crippen LogP contribution in [0.5, 0.6) is 0 Å². The molecule has 3 nitrogen and oxygen atoms in total. The van der Waals surface area contributed by atoms with Gasteiger partial charge in [0.1, 0.15) is 0 Å². The zero-order valence-corrected chi connectivity index (χ0v) is 10.4. The third kappa shape index (κ3) is 4.94. The Bertz CT molecular complexity index is 159. The lowest BCUT2D eigenvalue weighted by molar-refractivity contribution is 0.0617. The van der Waals surface area contributed by atoms with Crippen LogP contribution >= 0.6 is 0 Å². The second kappa shape index (κ2) is 5.69. The molecule has 0 rings (SSSR count). The van der Waals surface area contributed by atoms with Crippen LogP contribution in [0.15, 0.2) is 0 Å². The largest absolute Gasteiger partial charge is 0.383 e. The average Bonchev–Trinajstić information content (AvgIpc) is 2.03. The van der Waals surface area contributed by atoms with E-state index >= 15 is 0 Å². The summed E-state index contributed by atoms with van der Waals surface area (Å²) in [7, 11) is 3.46. The van der Waals surface area contributed by atoms with Crippen molar-refractivity contribution in [2.75, 3.05) is 27.4 Å². The van der Waals surface area contributed by atoms with E-state index in [1.807, 2.05) is 0 Å². The van der Waals surface area contributed by atoms with Crippen LogP contribution in [-0.2, 0) is 9.47 Å². The van der Waals surface area contributed by atoms with Crippen molar-refractivity contribution < 1.29 is 9.47 Å². The molecule has 86 valence electrons. The lowest BCUT2D eigenvalue weighted by atomic mass is 9.94. The third-order valence-electron chi connectivity index (χ3n) is 2.39. The monoisotopic (exact) mass is 203 g/mol. The number of nitrogens with one attached hydrogen (secondary N) is 1. The Morgan fingerprint density at radius 2 is 1.50 bits per heavy atom. The molecule has 0 aromatic carbocycles. The van der Waals surface area contributed by atoms with Crippen molar-refractivity contribution in [3.8, 4) is 0 Å². The van der Waals surface area contributed by atoms with Crippen LogP contribution in [0, 0.1) is 0 Å². The molecule has 0 aliphatic heterocycles. The minimum atomic E-state index is -0.0158. The highest BCUT2D eigenvalue weighted by Gasteiger charge is 2.29. The van der Waals surface area contributed by atoms with E-state index < -0.39 is 0 Å². The second-order valence-electron chi connectivity index (χ2n) is 4.79. The first-order chi connectivity index (χ1) is 6.39. The van der Waals surface area contributed by atoms with Crippen molar-refractivity contribution in [3.05, 3.63) is 0 Å². The molecule has 0 spiro atoms. The molecule has 14 heavy (non-hydrogen) atoms. The van der Waals surface area contributed by atoms with E-state index in [4.69, 9.17) is 9.47 Å². The van der Waals surface area contributed by atoms with Crippen molar-refractivity contribution in [1.82, 2.24) is 5.32 Å². The Morgan fingerprint density at radius 1 is 1.00 bits per heavy atom. The van der Waals surface area contributed by atoms with Gasteiger partial charge in [0.25, 0.3) is 0 Å². The number of rotatable bonds is 7. The van der Waals surface area contributed by atoms with Crippen molar-refractivity contribution >= 4 is 0 Å². The summed E-state index contributed by atoms with van der Waals surface area (Å²) >= 11 is 0. The number of methoxy groups -OCH3 is 2. The molecule has 0 saturated carbocycles. The molecule has 0 aromatic heterocycles. The van der Waals surface area contributed by atoms with Gasteiger partial charge in [-0.3, -0.25) is 0 Å². The van der Waals surface area contributed by atoms with Gasteiger partial charge in [-0.15, -0.1) is 0 Å². The summed E-state index contributed by atoms with van der Waals surface area (Å²) in [5.41, 5.74) is 0.00875. The van der Waals surface area contributed by atoms with E-state index in [-0.39, 0.29) is 11.1 Å². The van der Waals surface area contributed by atoms with Gasteiger partial charge in [-0.05, 0) is 27.2 Å². The Labute approximate surface area is 88.2 Å². The fraction of sp³-hybridized carbons (Fsp3) is 1.00. The molecule has 1 unspecified atom stereocenters. The summed E-state index contributed by atoms with van der Waals surface area (Å²) in [6, 6.07) is 0. The van der Waals surface area contributed by atoms with Gasteiger partial charge < -0.3 is 14.8 Å². The highest BCUT2D eigenvalue weighted by Crippen LogP contribution is 2.15. The standard InChI is InChI=1S/C11H25NO2/c1-7-11(4,9-14-6)12-10(2,3)8-13-5/h12H,7-9H2,1-6H3. The molecule has 1 atom stereocenters. The van der Waals surface area contributed by atoms with Crippen LogP contribution in [0.2, 0.25) is 0 Å². The summed E-state index contributed by atoms with van der Waals surface area (Å²) in [6.45, 7) is 10.0. The van der Waals surface area contributed by atoms with Crippen LogP contribution in [0.4, 0.5) is 0 Å². The molecule has 0 heterocycles. The van der Waals surface area contributed by atoms with E-state index in [0.717, 1.165) is 13.0 Å². The Balaban J connectivity index is 4.28. The van der Waals surface area contributed by atoms with Crippen molar-refractivity contribution in [2.24, 2.45) is 0 Å². The number of ether oxygens (including phenoxy) is 2. The van der Waals surface area contributed by atoms with Gasteiger partial charge in [0.2, 0.25) is 0 Å². The van der Waals surface area contributed by atoms with Gasteiger partial charge >= 0.3 is 0 Å². The first kappa shape index (κ1) is 13.9. The summed E-state index contributed by atoms with van der Waals surface area (Å²) in [5.74, 6) is 0. The van der Waals surface area contributed by atoms with Crippen LogP contribution in [-0.4, -0.2) is 38.5 Å². The predicted molar refractivity (Wildman–Crippen MR) is 59.7 cm³/mol. The molecular formula is C11H25NO2. The van der Waals surface area contributed by atoms with Gasteiger partial charge in [-0.1, -0.05) is 6.92 Å². The summed E-state index contributed by atoms with van der Waals surface area (Å²) in [6.07, 6.45) is 1.04. The minimum absolute atomic E-state index is 0.0158. The maximum Gasteiger partial charge on any atom is 0.0641 e. The van der Waals surface area contributed by atoms with Gasteiger partial charge in [0, 0.05) is 25.3 Å². The first-order valence-electron chi connectivity index (χ1n) is 5.16. The zero-order valence-electron chi connectivity index (χ0n) is 10.4. The smallest absolute Gasteiger partial charge is 0.0641 e. The van der Waals surface area contributed by atoms with Gasteiger partial charge in [-0.25, -0.2) is 0 Å². The van der Waals surface area contributed by atoms with Crippen molar-refractivity contribution in [3.63, 3.8) is 0 Å². The van der Waals surface area contributed by atoms with Gasteiger partial charge in [0.15, 0.2) is 0 Å². The first-order valence-corrected chi connectivity index (χ1v) is 5.16. The molecule has 0 aromatic rings. The summed E-state index contributed by atoms with van der Waals surface area (Å²) < 4.78 is 10.4. The van der Waals surface area contributed by atoms with Crippen molar-refractivity contribution in [2.45, 2.75) is 45.2 Å². The molecule has 0 aliphatic carbocycles. The molecule has 0 bridgehead atoms. The Kier molecular flexibility index (Phi) is 5.64. The van der Waals surface area contributed by atoms with E-state index in [1.54, 1.807) is 14.2 Å². The Morgan fingerprint density at radius 3 is 1.86 bits per heavy atom. The van der Waals surface area contributed by atoms with Gasteiger partial charge in [0.05, 0.1) is 13.2 Å². The van der Waals surface area contributed by atoms with Crippen molar-refractivity contribution in [1.29, 1.82) is 0 Å². The number of hydrogen-bond donors (Lipinski definition) is 1. The van der Waals surface area contributed by atoms with E-state index in [9.17, 15) is 0 Å².